The quantitative estimate of drug-likeness (QED) is 0.0222. The van der Waals surface area contributed by atoms with E-state index in [0.717, 1.165) is 102 Å². The van der Waals surface area contributed by atoms with Gasteiger partial charge < -0.3 is 33.8 Å². The van der Waals surface area contributed by atoms with Crippen LogP contribution < -0.4 is 0 Å². The van der Waals surface area contributed by atoms with Crippen LogP contribution in [0.2, 0.25) is 0 Å². The minimum absolute atomic E-state index is 0.107. The lowest BCUT2D eigenvalue weighted by atomic mass is 10.0. The first kappa shape index (κ1) is 97.1. The van der Waals surface area contributed by atoms with Crippen molar-refractivity contribution in [3.05, 3.63) is 0 Å². The van der Waals surface area contributed by atoms with Gasteiger partial charge in [0, 0.05) is 25.7 Å². The van der Waals surface area contributed by atoms with Gasteiger partial charge in [-0.1, -0.05) is 369 Å². The van der Waals surface area contributed by atoms with E-state index in [9.17, 15) is 43.2 Å². The van der Waals surface area contributed by atoms with E-state index in [1.165, 1.54) is 238 Å². The zero-order valence-corrected chi connectivity index (χ0v) is 66.6. The van der Waals surface area contributed by atoms with E-state index >= 15 is 0 Å². The number of carbonyl (C=O) groups excluding carboxylic acids is 4. The highest BCUT2D eigenvalue weighted by Crippen LogP contribution is 2.45. The number of esters is 4. The number of carbonyl (C=O) groups is 4. The van der Waals surface area contributed by atoms with Crippen LogP contribution in [0.25, 0.3) is 0 Å². The Morgan fingerprint density at radius 3 is 0.687 bits per heavy atom. The topological polar surface area (TPSA) is 237 Å². The van der Waals surface area contributed by atoms with Gasteiger partial charge in [-0.2, -0.15) is 0 Å². The highest BCUT2D eigenvalue weighted by molar-refractivity contribution is 7.47. The maximum atomic E-state index is 13.1. The molecule has 0 amide bonds. The molecule has 0 heterocycles. The molecule has 0 saturated carbocycles. The van der Waals surface area contributed by atoms with Crippen LogP contribution in [0.1, 0.15) is 420 Å². The van der Waals surface area contributed by atoms with Crippen molar-refractivity contribution >= 4 is 39.5 Å². The number of unbranched alkanes of at least 4 members (excludes halogenated alkanes) is 49. The highest BCUT2D eigenvalue weighted by atomic mass is 31.2. The van der Waals surface area contributed by atoms with Crippen LogP contribution >= 0.6 is 15.6 Å². The van der Waals surface area contributed by atoms with E-state index < -0.39 is 97.5 Å². The van der Waals surface area contributed by atoms with Gasteiger partial charge in [0.05, 0.1) is 26.4 Å². The number of phosphoric acid groups is 2. The molecular formula is C80H156O17P2. The maximum absolute atomic E-state index is 13.1. The molecule has 99 heavy (non-hydrogen) atoms. The summed E-state index contributed by atoms with van der Waals surface area (Å²) in [4.78, 5) is 73.0. The monoisotopic (exact) mass is 1450 g/mol. The third-order valence-corrected chi connectivity index (χ3v) is 20.6. The molecule has 0 spiro atoms. The van der Waals surface area contributed by atoms with Gasteiger partial charge in [-0.25, -0.2) is 9.13 Å². The third-order valence-electron chi connectivity index (χ3n) is 18.7. The number of aliphatic hydroxyl groups excluding tert-OH is 1. The van der Waals surface area contributed by atoms with Crippen LogP contribution in [0, 0.1) is 11.8 Å². The Kier molecular flexibility index (Phi) is 70.3. The number of rotatable bonds is 79. The van der Waals surface area contributed by atoms with E-state index in [1.807, 2.05) is 0 Å². The second-order valence-corrected chi connectivity index (χ2v) is 32.7. The third kappa shape index (κ3) is 74.1. The molecule has 0 aliphatic heterocycles. The lowest BCUT2D eigenvalue weighted by Crippen LogP contribution is -2.30. The van der Waals surface area contributed by atoms with Crippen molar-refractivity contribution < 1.29 is 80.2 Å². The van der Waals surface area contributed by atoms with E-state index in [4.69, 9.17) is 37.0 Å². The normalized spacial score (nSPS) is 13.9. The van der Waals surface area contributed by atoms with Gasteiger partial charge in [0.25, 0.3) is 0 Å². The molecule has 0 aromatic carbocycles. The second-order valence-electron chi connectivity index (χ2n) is 29.8. The molecule has 0 rings (SSSR count). The Balaban J connectivity index is 5.22. The van der Waals surface area contributed by atoms with Crippen molar-refractivity contribution in [2.24, 2.45) is 11.8 Å². The number of phosphoric ester groups is 2. The fraction of sp³-hybridized carbons (Fsp3) is 0.950. The Labute approximate surface area is 607 Å². The Morgan fingerprint density at radius 1 is 0.273 bits per heavy atom. The molecule has 0 radical (unpaired) electrons. The van der Waals surface area contributed by atoms with Crippen molar-refractivity contribution in [1.82, 2.24) is 0 Å². The minimum atomic E-state index is -4.96. The molecule has 19 heteroatoms. The molecule has 0 saturated heterocycles. The van der Waals surface area contributed by atoms with E-state index in [2.05, 4.69) is 41.5 Å². The zero-order chi connectivity index (χ0) is 72.8. The Bertz CT molecular complexity index is 1910. The van der Waals surface area contributed by atoms with Crippen LogP contribution in [-0.2, 0) is 65.4 Å². The Hall–Kier alpha value is -1.94. The molecule has 0 aliphatic rings. The summed E-state index contributed by atoms with van der Waals surface area (Å²) in [6, 6.07) is 0. The van der Waals surface area contributed by atoms with E-state index in [-0.39, 0.29) is 25.7 Å². The second kappa shape index (κ2) is 71.7. The van der Waals surface area contributed by atoms with E-state index in [0.29, 0.717) is 25.7 Å². The van der Waals surface area contributed by atoms with Crippen molar-refractivity contribution in [1.29, 1.82) is 0 Å². The molecule has 17 nitrogen and oxygen atoms in total. The lowest BCUT2D eigenvalue weighted by Gasteiger charge is -2.21. The lowest BCUT2D eigenvalue weighted by molar-refractivity contribution is -0.161. The molecule has 588 valence electrons. The smallest absolute Gasteiger partial charge is 0.462 e. The molecular weight excluding hydrogens is 1290 g/mol. The summed E-state index contributed by atoms with van der Waals surface area (Å²) < 4.78 is 68.7. The molecule has 3 N–H and O–H groups in total. The predicted octanol–water partition coefficient (Wildman–Crippen LogP) is 23.9. The average Bonchev–Trinajstić information content (AvgIpc) is 0.970. The molecule has 0 aromatic heterocycles. The van der Waals surface area contributed by atoms with E-state index in [1.54, 1.807) is 0 Å². The van der Waals surface area contributed by atoms with Gasteiger partial charge >= 0.3 is 39.5 Å². The Morgan fingerprint density at radius 2 is 0.465 bits per heavy atom. The molecule has 2 unspecified atom stereocenters. The summed E-state index contributed by atoms with van der Waals surface area (Å²) in [5.41, 5.74) is 0. The first-order valence-electron chi connectivity index (χ1n) is 41.5. The summed E-state index contributed by atoms with van der Waals surface area (Å²) in [6.45, 7) is 9.60. The first-order chi connectivity index (χ1) is 47.9. The van der Waals surface area contributed by atoms with Gasteiger partial charge in [-0.05, 0) is 37.5 Å². The van der Waals surface area contributed by atoms with Crippen molar-refractivity contribution in [2.75, 3.05) is 39.6 Å². The van der Waals surface area contributed by atoms with Crippen molar-refractivity contribution in [2.45, 2.75) is 439 Å². The zero-order valence-electron chi connectivity index (χ0n) is 64.8. The SMILES string of the molecule is CCCCCCCCCCCCCCCCCCCCCCCC(=O)O[C@H](COC(=O)CCCCCCCCCCCCCCC(C)C)COP(=O)(O)OC[C@@H](O)COP(=O)(O)OC[C@@H](COC(=O)CCCCCCCCCCC(C)C)OC(=O)CCCCCCCCCCCCCC. The van der Waals surface area contributed by atoms with Crippen LogP contribution in [0.5, 0.6) is 0 Å². The van der Waals surface area contributed by atoms with Crippen LogP contribution in [0.4, 0.5) is 0 Å². The predicted molar refractivity (Wildman–Crippen MR) is 405 cm³/mol. The number of hydrogen-bond donors (Lipinski definition) is 3. The van der Waals surface area contributed by atoms with Gasteiger partial charge in [0.15, 0.2) is 12.2 Å². The van der Waals surface area contributed by atoms with Gasteiger partial charge in [0.2, 0.25) is 0 Å². The van der Waals surface area contributed by atoms with Crippen molar-refractivity contribution in [3.63, 3.8) is 0 Å². The minimum Gasteiger partial charge on any atom is -0.462 e. The summed E-state index contributed by atoms with van der Waals surface area (Å²) in [6.07, 6.45) is 61.1. The molecule has 0 aliphatic carbocycles. The standard InChI is InChI=1S/C80H156O17P2/c1-7-9-11-13-15-17-19-21-22-23-24-25-26-27-28-29-35-39-47-53-59-65-80(85)96-75(68-90-77(82)62-56-50-44-37-34-31-30-32-36-42-48-54-60-72(3)4)70-94-98(86,87)92-66-74(81)67-93-99(88,89)95-71-76(69-91-78(83)63-57-51-45-41-40-43-49-55-61-73(5)6)97-79(84)64-58-52-46-38-33-20-18-16-14-12-10-8-2/h72-76,81H,7-71H2,1-6H3,(H,86,87)(H,88,89)/t74-,75-,76-/m1/s1. The van der Waals surface area contributed by atoms with Crippen molar-refractivity contribution in [3.8, 4) is 0 Å². The van der Waals surface area contributed by atoms with Crippen LogP contribution in [-0.4, -0.2) is 96.7 Å². The number of ether oxygens (including phenoxy) is 4. The van der Waals surface area contributed by atoms with Crippen LogP contribution in [0.3, 0.4) is 0 Å². The van der Waals surface area contributed by atoms with Gasteiger partial charge in [-0.3, -0.25) is 37.3 Å². The van der Waals surface area contributed by atoms with Gasteiger partial charge in [-0.15, -0.1) is 0 Å². The molecule has 0 aromatic rings. The average molecular weight is 1450 g/mol. The summed E-state index contributed by atoms with van der Waals surface area (Å²) in [7, 11) is -9.92. The summed E-state index contributed by atoms with van der Waals surface area (Å²) in [5.74, 6) is -0.602. The van der Waals surface area contributed by atoms with Gasteiger partial charge in [0.1, 0.15) is 19.3 Å². The van der Waals surface area contributed by atoms with Crippen LogP contribution in [0.15, 0.2) is 0 Å². The maximum Gasteiger partial charge on any atom is 0.472 e. The fourth-order valence-electron chi connectivity index (χ4n) is 12.4. The largest absolute Gasteiger partial charge is 0.472 e. The molecule has 0 fully saturated rings. The summed E-state index contributed by atoms with van der Waals surface area (Å²) >= 11 is 0. The first-order valence-corrected chi connectivity index (χ1v) is 44.5. The summed E-state index contributed by atoms with van der Waals surface area (Å²) in [5, 5.41) is 10.6. The molecule has 5 atom stereocenters. The number of aliphatic hydroxyl groups is 1. The highest BCUT2D eigenvalue weighted by Gasteiger charge is 2.30. The molecule has 0 bridgehead atoms. The number of hydrogen-bond acceptors (Lipinski definition) is 15. The fourth-order valence-corrected chi connectivity index (χ4v) is 13.9.